The van der Waals surface area contributed by atoms with Crippen molar-refractivity contribution in [2.45, 2.75) is 18.8 Å². The van der Waals surface area contributed by atoms with Crippen LogP contribution in [0.1, 0.15) is 50.0 Å². The molecule has 0 saturated carbocycles. The molecule has 0 spiro atoms. The van der Waals surface area contributed by atoms with E-state index >= 15 is 0 Å². The lowest BCUT2D eigenvalue weighted by atomic mass is 9.55. The van der Waals surface area contributed by atoms with Crippen molar-refractivity contribution in [1.29, 1.82) is 0 Å². The first-order valence-corrected chi connectivity index (χ1v) is 13.6. The zero-order valence-electron chi connectivity index (χ0n) is 22.2. The summed E-state index contributed by atoms with van der Waals surface area (Å²) in [5.74, 6) is -2.88. The predicted octanol–water partition coefficient (Wildman–Crippen LogP) is 5.19. The number of para-hydroxylation sites is 1. The molecule has 0 radical (unpaired) electrons. The molecule has 8 rings (SSSR count). The van der Waals surface area contributed by atoms with E-state index in [9.17, 15) is 19.2 Å². The van der Waals surface area contributed by atoms with Crippen LogP contribution in [0.5, 0.6) is 0 Å². The van der Waals surface area contributed by atoms with E-state index in [0.29, 0.717) is 11.4 Å². The topological polar surface area (TPSA) is 92.8 Å². The summed E-state index contributed by atoms with van der Waals surface area (Å²) in [6.07, 6.45) is 0. The van der Waals surface area contributed by atoms with E-state index in [0.717, 1.165) is 27.8 Å². The summed E-state index contributed by atoms with van der Waals surface area (Å²) in [6, 6.07) is 29.7. The maximum atomic E-state index is 13.9. The second-order valence-corrected chi connectivity index (χ2v) is 10.8. The molecule has 202 valence electrons. The first-order valence-electron chi connectivity index (χ1n) is 13.6. The third-order valence-corrected chi connectivity index (χ3v) is 8.56. The SMILES string of the molecule is Cc1ccccc1NC(=O)COC(=O)c1ccc(N2C(=O)[C@H]3C4c5ccccc5C(c5ccccc54)[C@@H]3C2=O)cc1. The van der Waals surface area contributed by atoms with Crippen LogP contribution in [-0.2, 0) is 19.1 Å². The second kappa shape index (κ2) is 9.55. The monoisotopic (exact) mass is 542 g/mol. The van der Waals surface area contributed by atoms with E-state index in [1.807, 2.05) is 49.4 Å². The van der Waals surface area contributed by atoms with E-state index in [1.54, 1.807) is 18.2 Å². The highest BCUT2D eigenvalue weighted by atomic mass is 16.5. The van der Waals surface area contributed by atoms with Crippen LogP contribution in [0.15, 0.2) is 97.1 Å². The number of anilines is 2. The Kier molecular flexibility index (Phi) is 5.82. The van der Waals surface area contributed by atoms with Gasteiger partial charge in [0.2, 0.25) is 11.8 Å². The molecule has 4 aromatic carbocycles. The Bertz CT molecular complexity index is 1630. The number of aryl methyl sites for hydroxylation is 1. The van der Waals surface area contributed by atoms with Gasteiger partial charge in [-0.2, -0.15) is 0 Å². The molecule has 4 aliphatic rings. The molecule has 1 saturated heterocycles. The number of benzene rings is 4. The molecule has 3 aliphatic carbocycles. The highest BCUT2D eigenvalue weighted by Crippen LogP contribution is 2.61. The van der Waals surface area contributed by atoms with Gasteiger partial charge in [-0.05, 0) is 65.1 Å². The molecule has 7 nitrogen and oxygen atoms in total. The van der Waals surface area contributed by atoms with Crippen LogP contribution in [0.4, 0.5) is 11.4 Å². The van der Waals surface area contributed by atoms with Crippen LogP contribution in [0, 0.1) is 18.8 Å². The van der Waals surface area contributed by atoms with Gasteiger partial charge in [0.15, 0.2) is 6.61 Å². The fraction of sp³-hybridized carbons (Fsp3) is 0.176. The molecule has 2 atom stereocenters. The fourth-order valence-electron chi connectivity index (χ4n) is 6.79. The third-order valence-electron chi connectivity index (χ3n) is 8.56. The number of carbonyl (C=O) groups excluding carboxylic acids is 4. The summed E-state index contributed by atoms with van der Waals surface area (Å²) in [4.78, 5) is 54.0. The lowest BCUT2D eigenvalue weighted by molar-refractivity contribution is -0.122. The minimum atomic E-state index is -0.673. The quantitative estimate of drug-likeness (QED) is 0.277. The van der Waals surface area contributed by atoms with Gasteiger partial charge in [-0.25, -0.2) is 9.69 Å². The summed E-state index contributed by atoms with van der Waals surface area (Å²) in [5.41, 5.74) is 6.64. The largest absolute Gasteiger partial charge is 0.452 e. The minimum absolute atomic E-state index is 0.182. The highest BCUT2D eigenvalue weighted by Gasteiger charge is 2.61. The number of hydrogen-bond acceptors (Lipinski definition) is 5. The van der Waals surface area contributed by atoms with Crippen molar-refractivity contribution >= 4 is 35.1 Å². The molecule has 1 fully saturated rings. The van der Waals surface area contributed by atoms with Crippen LogP contribution in [0.25, 0.3) is 0 Å². The molecular formula is C34H26N2O5. The first-order chi connectivity index (χ1) is 19.9. The van der Waals surface area contributed by atoms with Crippen molar-refractivity contribution in [1.82, 2.24) is 0 Å². The van der Waals surface area contributed by atoms with Crippen molar-refractivity contribution in [3.05, 3.63) is 130 Å². The van der Waals surface area contributed by atoms with E-state index in [4.69, 9.17) is 4.74 Å². The average Bonchev–Trinajstić information content (AvgIpc) is 3.27. The highest BCUT2D eigenvalue weighted by molar-refractivity contribution is 6.23. The summed E-state index contributed by atoms with van der Waals surface area (Å²) < 4.78 is 5.20. The Morgan fingerprint density at radius 3 is 1.71 bits per heavy atom. The predicted molar refractivity (Wildman–Crippen MR) is 153 cm³/mol. The second-order valence-electron chi connectivity index (χ2n) is 10.8. The molecule has 7 heteroatoms. The maximum Gasteiger partial charge on any atom is 0.338 e. The van der Waals surface area contributed by atoms with Gasteiger partial charge in [0.05, 0.1) is 23.1 Å². The number of nitrogens with zero attached hydrogens (tertiary/aromatic N) is 1. The number of esters is 1. The fourth-order valence-corrected chi connectivity index (χ4v) is 6.79. The Morgan fingerprint density at radius 1 is 0.707 bits per heavy atom. The van der Waals surface area contributed by atoms with Gasteiger partial charge >= 0.3 is 5.97 Å². The maximum absolute atomic E-state index is 13.9. The Balaban J connectivity index is 1.10. The molecular weight excluding hydrogens is 516 g/mol. The smallest absolute Gasteiger partial charge is 0.338 e. The lowest BCUT2D eigenvalue weighted by Crippen LogP contribution is -2.41. The van der Waals surface area contributed by atoms with Crippen molar-refractivity contribution < 1.29 is 23.9 Å². The van der Waals surface area contributed by atoms with Crippen molar-refractivity contribution in [2.75, 3.05) is 16.8 Å². The molecule has 1 N–H and O–H groups in total. The zero-order valence-corrected chi connectivity index (χ0v) is 22.2. The number of rotatable bonds is 5. The molecule has 3 amide bonds. The van der Waals surface area contributed by atoms with Gasteiger partial charge in [0.25, 0.3) is 5.91 Å². The zero-order chi connectivity index (χ0) is 28.2. The molecule has 0 aromatic heterocycles. The molecule has 1 heterocycles. The minimum Gasteiger partial charge on any atom is -0.452 e. The molecule has 4 aromatic rings. The van der Waals surface area contributed by atoms with Gasteiger partial charge in [-0.1, -0.05) is 66.7 Å². The summed E-state index contributed by atoms with van der Waals surface area (Å²) >= 11 is 0. The number of ether oxygens (including phenoxy) is 1. The number of nitrogens with one attached hydrogen (secondary N) is 1. The summed E-state index contributed by atoms with van der Waals surface area (Å²) in [7, 11) is 0. The van der Waals surface area contributed by atoms with Crippen LogP contribution < -0.4 is 10.2 Å². The van der Waals surface area contributed by atoms with Crippen molar-refractivity contribution in [3.63, 3.8) is 0 Å². The van der Waals surface area contributed by atoms with Crippen LogP contribution in [-0.4, -0.2) is 30.3 Å². The normalized spacial score (nSPS) is 21.6. The van der Waals surface area contributed by atoms with Crippen LogP contribution in [0.3, 0.4) is 0 Å². The lowest BCUT2D eigenvalue weighted by Gasteiger charge is -2.45. The van der Waals surface area contributed by atoms with Crippen molar-refractivity contribution in [2.24, 2.45) is 11.8 Å². The Labute approximate surface area is 236 Å². The van der Waals surface area contributed by atoms with Gasteiger partial charge in [0.1, 0.15) is 0 Å². The van der Waals surface area contributed by atoms with E-state index in [-0.39, 0.29) is 29.2 Å². The molecule has 41 heavy (non-hydrogen) atoms. The average molecular weight is 543 g/mol. The van der Waals surface area contributed by atoms with E-state index < -0.39 is 30.3 Å². The molecule has 2 bridgehead atoms. The Morgan fingerprint density at radius 2 is 1.20 bits per heavy atom. The molecule has 1 aliphatic heterocycles. The van der Waals surface area contributed by atoms with Crippen molar-refractivity contribution in [3.8, 4) is 0 Å². The van der Waals surface area contributed by atoms with Gasteiger partial charge in [0, 0.05) is 17.5 Å². The summed E-state index contributed by atoms with van der Waals surface area (Å²) in [6.45, 7) is 1.43. The number of hydrogen-bond donors (Lipinski definition) is 1. The van der Waals surface area contributed by atoms with E-state index in [1.165, 1.54) is 17.0 Å². The first kappa shape index (κ1) is 25.0. The van der Waals surface area contributed by atoms with Crippen LogP contribution >= 0.6 is 0 Å². The van der Waals surface area contributed by atoms with Crippen LogP contribution in [0.2, 0.25) is 0 Å². The third kappa shape index (κ3) is 3.88. The van der Waals surface area contributed by atoms with Gasteiger partial charge in [-0.15, -0.1) is 0 Å². The number of amides is 3. The standard InChI is InChI=1S/C34H26N2O5/c1-19-8-2-7-13-26(19)35-27(37)18-41-34(40)20-14-16-21(17-15-20)36-32(38)30-28-22-9-3-4-10-23(22)29(31(30)33(36)39)25-12-6-5-11-24(25)28/h2-17,28-31H,18H2,1H3,(H,35,37)/t28?,29?,30-,31-/m0/s1. The van der Waals surface area contributed by atoms with E-state index in [2.05, 4.69) is 29.6 Å². The molecule has 0 unspecified atom stereocenters. The van der Waals surface area contributed by atoms with Gasteiger partial charge < -0.3 is 10.1 Å². The number of carbonyl (C=O) groups is 4. The Hall–Kier alpha value is -5.04. The van der Waals surface area contributed by atoms with Gasteiger partial charge in [-0.3, -0.25) is 14.4 Å². The summed E-state index contributed by atoms with van der Waals surface area (Å²) in [5, 5.41) is 2.72. The number of imide groups is 1.